The third-order valence-corrected chi connectivity index (χ3v) is 6.09. The Labute approximate surface area is 185 Å². The number of anilines is 3. The number of primary amides is 1. The van der Waals surface area contributed by atoms with Crippen LogP contribution in [0.1, 0.15) is 30.7 Å². The molecule has 10 nitrogen and oxygen atoms in total. The summed E-state index contributed by atoms with van der Waals surface area (Å²) in [5.74, 6) is -1.96. The van der Waals surface area contributed by atoms with Gasteiger partial charge in [-0.2, -0.15) is 4.98 Å². The molecule has 0 saturated carbocycles. The van der Waals surface area contributed by atoms with E-state index in [0.29, 0.717) is 37.6 Å². The number of hydrogen-bond donors (Lipinski definition) is 4. The summed E-state index contributed by atoms with van der Waals surface area (Å²) in [6.45, 7) is 0.994. The lowest BCUT2D eigenvalue weighted by molar-refractivity contribution is -0.123. The summed E-state index contributed by atoms with van der Waals surface area (Å²) in [6.07, 6.45) is 0.963. The van der Waals surface area contributed by atoms with Gasteiger partial charge in [0, 0.05) is 35.6 Å². The number of aromatic nitrogens is 2. The van der Waals surface area contributed by atoms with Crippen molar-refractivity contribution in [3.63, 3.8) is 0 Å². The number of carbonyl (C=O) groups excluding carboxylic acids is 3. The molecule has 1 aromatic carbocycles. The van der Waals surface area contributed by atoms with E-state index in [1.54, 1.807) is 24.3 Å². The molecular weight excluding hydrogens is 468 g/mol. The lowest BCUT2D eigenvalue weighted by Crippen LogP contribution is -2.41. The highest BCUT2D eigenvalue weighted by Crippen LogP contribution is 2.31. The Morgan fingerprint density at radius 3 is 2.48 bits per heavy atom. The maximum atomic E-state index is 12.9. The van der Waals surface area contributed by atoms with Crippen molar-refractivity contribution in [3.05, 3.63) is 44.7 Å². The Hall–Kier alpha value is -3.21. The summed E-state index contributed by atoms with van der Waals surface area (Å²) in [5.41, 5.74) is 5.57. The van der Waals surface area contributed by atoms with Gasteiger partial charge in [0.1, 0.15) is 5.82 Å². The fourth-order valence-corrected chi connectivity index (χ4v) is 4.14. The number of benzene rings is 1. The van der Waals surface area contributed by atoms with Gasteiger partial charge < -0.3 is 21.3 Å². The Bertz CT molecular complexity index is 1090. The maximum absolute atomic E-state index is 12.9. The molecular formula is C20H21BrN6O4. The van der Waals surface area contributed by atoms with Crippen molar-refractivity contribution in [2.45, 2.75) is 25.2 Å². The lowest BCUT2D eigenvalue weighted by atomic mass is 9.92. The van der Waals surface area contributed by atoms with Crippen LogP contribution in [0.5, 0.6) is 0 Å². The molecule has 1 aromatic heterocycles. The number of rotatable bonds is 4. The van der Waals surface area contributed by atoms with Crippen molar-refractivity contribution < 1.29 is 14.4 Å². The Kier molecular flexibility index (Phi) is 5.77. The van der Waals surface area contributed by atoms with E-state index >= 15 is 0 Å². The van der Waals surface area contributed by atoms with Crippen molar-refractivity contribution in [1.82, 2.24) is 9.97 Å². The first kappa shape index (κ1) is 21.0. The topological polar surface area (TPSA) is 150 Å². The SMILES string of the molecule is NC(=O)C1CCN(c2nc3c(c(=O)[nH]2)[C@@H](C(=O)Nc2ccc(Br)cc2)CC(=O)N3)CC1. The predicted molar refractivity (Wildman–Crippen MR) is 118 cm³/mol. The van der Waals surface area contributed by atoms with Crippen LogP contribution in [-0.2, 0) is 14.4 Å². The van der Waals surface area contributed by atoms with E-state index in [4.69, 9.17) is 5.73 Å². The van der Waals surface area contributed by atoms with E-state index in [9.17, 15) is 19.2 Å². The number of fused-ring (bicyclic) bond motifs is 1. The van der Waals surface area contributed by atoms with Gasteiger partial charge in [0.05, 0.1) is 11.5 Å². The van der Waals surface area contributed by atoms with Gasteiger partial charge in [0.2, 0.25) is 23.7 Å². The van der Waals surface area contributed by atoms with E-state index in [0.717, 1.165) is 4.47 Å². The normalized spacial score (nSPS) is 18.8. The highest BCUT2D eigenvalue weighted by atomic mass is 79.9. The van der Waals surface area contributed by atoms with Crippen LogP contribution in [0.25, 0.3) is 0 Å². The molecule has 11 heteroatoms. The molecule has 3 amide bonds. The van der Waals surface area contributed by atoms with Gasteiger partial charge in [-0.15, -0.1) is 0 Å². The largest absolute Gasteiger partial charge is 0.369 e. The molecule has 0 aliphatic carbocycles. The second-order valence-corrected chi connectivity index (χ2v) is 8.53. The minimum atomic E-state index is -0.960. The van der Waals surface area contributed by atoms with Crippen molar-refractivity contribution in [3.8, 4) is 0 Å². The van der Waals surface area contributed by atoms with Crippen molar-refractivity contribution >= 4 is 51.1 Å². The molecule has 2 aromatic rings. The van der Waals surface area contributed by atoms with Gasteiger partial charge in [0.25, 0.3) is 5.56 Å². The van der Waals surface area contributed by atoms with Gasteiger partial charge in [0.15, 0.2) is 0 Å². The monoisotopic (exact) mass is 488 g/mol. The number of nitrogens with zero attached hydrogens (tertiary/aromatic N) is 2. The van der Waals surface area contributed by atoms with Gasteiger partial charge in [-0.05, 0) is 37.1 Å². The van der Waals surface area contributed by atoms with Crippen LogP contribution in [0.4, 0.5) is 17.5 Å². The molecule has 31 heavy (non-hydrogen) atoms. The second-order valence-electron chi connectivity index (χ2n) is 7.62. The summed E-state index contributed by atoms with van der Waals surface area (Å²) >= 11 is 3.33. The fraction of sp³-hybridized carbons (Fsp3) is 0.350. The summed E-state index contributed by atoms with van der Waals surface area (Å²) in [7, 11) is 0. The molecule has 162 valence electrons. The zero-order valence-electron chi connectivity index (χ0n) is 16.5. The van der Waals surface area contributed by atoms with Crippen LogP contribution in [0.2, 0.25) is 0 Å². The summed E-state index contributed by atoms with van der Waals surface area (Å²) < 4.78 is 0.862. The molecule has 1 fully saturated rings. The molecule has 4 rings (SSSR count). The number of nitrogens with one attached hydrogen (secondary N) is 3. The van der Waals surface area contributed by atoms with E-state index in [2.05, 4.69) is 36.5 Å². The van der Waals surface area contributed by atoms with Crippen LogP contribution < -0.4 is 26.8 Å². The summed E-state index contributed by atoms with van der Waals surface area (Å²) in [6, 6.07) is 6.98. The minimum absolute atomic E-state index is 0.0861. The summed E-state index contributed by atoms with van der Waals surface area (Å²) in [5, 5.41) is 5.35. The number of nitrogens with two attached hydrogens (primary N) is 1. The first-order valence-corrected chi connectivity index (χ1v) is 10.7. The van der Waals surface area contributed by atoms with Crippen molar-refractivity contribution in [1.29, 1.82) is 0 Å². The molecule has 1 atom stereocenters. The van der Waals surface area contributed by atoms with E-state index in [-0.39, 0.29) is 35.5 Å². The second kappa shape index (κ2) is 8.50. The molecule has 0 spiro atoms. The first-order valence-electron chi connectivity index (χ1n) is 9.86. The number of aromatic amines is 1. The lowest BCUT2D eigenvalue weighted by Gasteiger charge is -2.32. The highest BCUT2D eigenvalue weighted by Gasteiger charge is 2.35. The van der Waals surface area contributed by atoms with Crippen LogP contribution in [-0.4, -0.2) is 40.8 Å². The average molecular weight is 489 g/mol. The Balaban J connectivity index is 1.58. The maximum Gasteiger partial charge on any atom is 0.258 e. The standard InChI is InChI=1S/C20H21BrN6O4/c21-11-1-3-12(4-2-11)23-18(30)13-9-14(28)24-17-15(13)19(31)26-20(25-17)27-7-5-10(6-8-27)16(22)29/h1-4,10,13H,5-9H2,(H2,22,29)(H,23,30)(H2,24,25,26,28,31)/t13-/m0/s1. The van der Waals surface area contributed by atoms with Gasteiger partial charge in [-0.25, -0.2) is 0 Å². The highest BCUT2D eigenvalue weighted by molar-refractivity contribution is 9.10. The van der Waals surface area contributed by atoms with E-state index in [1.807, 2.05) is 4.90 Å². The number of amides is 3. The fourth-order valence-electron chi connectivity index (χ4n) is 3.87. The molecule has 3 heterocycles. The molecule has 0 radical (unpaired) electrons. The van der Waals surface area contributed by atoms with Gasteiger partial charge in [-0.1, -0.05) is 15.9 Å². The minimum Gasteiger partial charge on any atom is -0.369 e. The molecule has 1 saturated heterocycles. The molecule has 5 N–H and O–H groups in total. The number of H-pyrrole nitrogens is 1. The number of piperidine rings is 1. The third-order valence-electron chi connectivity index (χ3n) is 5.56. The van der Waals surface area contributed by atoms with Crippen molar-refractivity contribution in [2.75, 3.05) is 28.6 Å². The Morgan fingerprint density at radius 2 is 1.84 bits per heavy atom. The number of hydrogen-bond acceptors (Lipinski definition) is 6. The van der Waals surface area contributed by atoms with Gasteiger partial charge in [-0.3, -0.25) is 24.2 Å². The quantitative estimate of drug-likeness (QED) is 0.509. The Morgan fingerprint density at radius 1 is 1.16 bits per heavy atom. The van der Waals surface area contributed by atoms with Crippen LogP contribution in [0, 0.1) is 5.92 Å². The molecule has 0 unspecified atom stereocenters. The number of halogens is 1. The zero-order valence-corrected chi connectivity index (χ0v) is 18.1. The average Bonchev–Trinajstić information content (AvgIpc) is 2.74. The molecule has 2 aliphatic heterocycles. The summed E-state index contributed by atoms with van der Waals surface area (Å²) in [4.78, 5) is 58.3. The first-order chi connectivity index (χ1) is 14.8. The van der Waals surface area contributed by atoms with Crippen LogP contribution in [0.3, 0.4) is 0 Å². The van der Waals surface area contributed by atoms with E-state index in [1.165, 1.54) is 0 Å². The van der Waals surface area contributed by atoms with Crippen LogP contribution >= 0.6 is 15.9 Å². The van der Waals surface area contributed by atoms with Crippen LogP contribution in [0.15, 0.2) is 33.5 Å². The smallest absolute Gasteiger partial charge is 0.258 e. The molecule has 0 bridgehead atoms. The predicted octanol–water partition coefficient (Wildman–Crippen LogP) is 1.30. The number of carbonyl (C=O) groups is 3. The third kappa shape index (κ3) is 4.46. The molecule has 2 aliphatic rings. The van der Waals surface area contributed by atoms with Gasteiger partial charge >= 0.3 is 0 Å². The van der Waals surface area contributed by atoms with E-state index < -0.39 is 17.4 Å². The van der Waals surface area contributed by atoms with Crippen molar-refractivity contribution in [2.24, 2.45) is 11.7 Å². The zero-order chi connectivity index (χ0) is 22.1.